The van der Waals surface area contributed by atoms with Crippen LogP contribution < -0.4 is 10.6 Å². The van der Waals surface area contributed by atoms with Gasteiger partial charge in [-0.1, -0.05) is 0 Å². The normalized spacial score (nSPS) is 30.6. The molecule has 4 heteroatoms. The van der Waals surface area contributed by atoms with Gasteiger partial charge in [-0.2, -0.15) is 0 Å². The Bertz CT molecular complexity index is 175. The van der Waals surface area contributed by atoms with E-state index in [0.717, 1.165) is 19.5 Å². The van der Waals surface area contributed by atoms with Gasteiger partial charge < -0.3 is 20.8 Å². The molecule has 0 aromatic rings. The summed E-state index contributed by atoms with van der Waals surface area (Å²) in [7, 11) is 0. The number of aliphatic hydroxyl groups excluding tert-OH is 2. The van der Waals surface area contributed by atoms with E-state index < -0.39 is 0 Å². The monoisotopic (exact) mass is 214 g/mol. The van der Waals surface area contributed by atoms with Crippen molar-refractivity contribution in [2.45, 2.75) is 31.3 Å². The van der Waals surface area contributed by atoms with Crippen LogP contribution in [0.3, 0.4) is 0 Å². The van der Waals surface area contributed by atoms with Crippen molar-refractivity contribution in [3.05, 3.63) is 0 Å². The summed E-state index contributed by atoms with van der Waals surface area (Å²) in [6, 6.07) is 1.40. The number of rotatable bonds is 8. The Balaban J connectivity index is 1.73. The summed E-state index contributed by atoms with van der Waals surface area (Å²) in [4.78, 5) is 0. The van der Waals surface area contributed by atoms with E-state index in [9.17, 15) is 0 Å². The molecule has 4 N–H and O–H groups in total. The van der Waals surface area contributed by atoms with Gasteiger partial charge in [0.25, 0.3) is 0 Å². The van der Waals surface area contributed by atoms with Crippen molar-refractivity contribution in [1.29, 1.82) is 0 Å². The van der Waals surface area contributed by atoms with Crippen molar-refractivity contribution in [2.75, 3.05) is 26.3 Å². The smallest absolute Gasteiger partial charge is 0.0481 e. The van der Waals surface area contributed by atoms with Crippen LogP contribution in [0.5, 0.6) is 0 Å². The van der Waals surface area contributed by atoms with Crippen LogP contribution in [0.1, 0.15) is 19.3 Å². The van der Waals surface area contributed by atoms with E-state index in [1.54, 1.807) is 0 Å². The van der Waals surface area contributed by atoms with Crippen molar-refractivity contribution in [3.8, 4) is 0 Å². The number of nitrogens with one attached hydrogen (secondary N) is 2. The second kappa shape index (κ2) is 5.25. The molecule has 0 bridgehead atoms. The average molecular weight is 214 g/mol. The van der Waals surface area contributed by atoms with Crippen LogP contribution in [-0.4, -0.2) is 48.6 Å². The lowest BCUT2D eigenvalue weighted by molar-refractivity contribution is 0.126. The SMILES string of the molecule is OCC(CO)CC(CC1CN1)CC1CN1. The summed E-state index contributed by atoms with van der Waals surface area (Å²) in [5, 5.41) is 24.8. The summed E-state index contributed by atoms with van der Waals surface area (Å²) in [5.41, 5.74) is 0. The summed E-state index contributed by atoms with van der Waals surface area (Å²) in [5.74, 6) is 0.724. The van der Waals surface area contributed by atoms with Gasteiger partial charge in [-0.05, 0) is 25.2 Å². The summed E-state index contributed by atoms with van der Waals surface area (Å²) in [6.45, 7) is 2.53. The standard InChI is InChI=1S/C11H22N2O2/c14-6-9(7-15)1-8(2-10-4-12-10)3-11-5-13-11/h8-15H,1-7H2. The molecule has 2 rings (SSSR count). The summed E-state index contributed by atoms with van der Waals surface area (Å²) in [6.07, 6.45) is 3.37. The van der Waals surface area contributed by atoms with Gasteiger partial charge in [0.2, 0.25) is 0 Å². The van der Waals surface area contributed by atoms with Crippen molar-refractivity contribution < 1.29 is 10.2 Å². The first-order chi connectivity index (χ1) is 7.31. The van der Waals surface area contributed by atoms with Gasteiger partial charge in [0, 0.05) is 44.3 Å². The van der Waals surface area contributed by atoms with Crippen molar-refractivity contribution in [3.63, 3.8) is 0 Å². The summed E-state index contributed by atoms with van der Waals surface area (Å²) >= 11 is 0. The molecular formula is C11H22N2O2. The second-order valence-electron chi connectivity index (χ2n) is 5.01. The third-order valence-electron chi connectivity index (χ3n) is 3.40. The zero-order valence-corrected chi connectivity index (χ0v) is 9.15. The first-order valence-corrected chi connectivity index (χ1v) is 6.00. The molecule has 0 aliphatic carbocycles. The fraction of sp³-hybridized carbons (Fsp3) is 1.00. The van der Waals surface area contributed by atoms with Crippen LogP contribution in [0.15, 0.2) is 0 Å². The minimum absolute atomic E-state index is 0.0764. The van der Waals surface area contributed by atoms with Crippen molar-refractivity contribution in [2.24, 2.45) is 11.8 Å². The summed E-state index contributed by atoms with van der Waals surface area (Å²) < 4.78 is 0. The molecule has 0 radical (unpaired) electrons. The molecule has 0 aromatic heterocycles. The Morgan fingerprint density at radius 3 is 1.73 bits per heavy atom. The predicted octanol–water partition coefficient (Wildman–Crippen LogP) is -0.683. The molecular weight excluding hydrogens is 192 g/mol. The lowest BCUT2D eigenvalue weighted by Gasteiger charge is -2.20. The molecule has 2 saturated heterocycles. The van der Waals surface area contributed by atoms with Crippen LogP contribution in [0.2, 0.25) is 0 Å². The zero-order chi connectivity index (χ0) is 10.7. The van der Waals surface area contributed by atoms with Gasteiger partial charge in [-0.3, -0.25) is 0 Å². The maximum absolute atomic E-state index is 9.08. The quantitative estimate of drug-likeness (QED) is 0.403. The maximum atomic E-state index is 9.08. The topological polar surface area (TPSA) is 84.3 Å². The van der Waals surface area contributed by atoms with Gasteiger partial charge in [0.15, 0.2) is 0 Å². The predicted molar refractivity (Wildman–Crippen MR) is 58.6 cm³/mol. The molecule has 0 spiro atoms. The first kappa shape index (κ1) is 11.3. The minimum Gasteiger partial charge on any atom is -0.396 e. The Morgan fingerprint density at radius 2 is 1.40 bits per heavy atom. The third kappa shape index (κ3) is 4.07. The lowest BCUT2D eigenvalue weighted by Crippen LogP contribution is -2.19. The molecule has 2 atom stereocenters. The van der Waals surface area contributed by atoms with Gasteiger partial charge in [-0.15, -0.1) is 0 Å². The highest BCUT2D eigenvalue weighted by molar-refractivity contribution is 4.91. The van der Waals surface area contributed by atoms with Crippen molar-refractivity contribution >= 4 is 0 Å². The third-order valence-corrected chi connectivity index (χ3v) is 3.40. The highest BCUT2D eigenvalue weighted by Crippen LogP contribution is 2.26. The zero-order valence-electron chi connectivity index (χ0n) is 9.15. The van der Waals surface area contributed by atoms with Gasteiger partial charge >= 0.3 is 0 Å². The average Bonchev–Trinajstić information content (AvgIpc) is 3.09. The van der Waals surface area contributed by atoms with Gasteiger partial charge in [0.05, 0.1) is 0 Å². The van der Waals surface area contributed by atoms with E-state index in [2.05, 4.69) is 10.6 Å². The number of hydrogen-bond acceptors (Lipinski definition) is 4. The highest BCUT2D eigenvalue weighted by Gasteiger charge is 2.30. The van der Waals surface area contributed by atoms with Gasteiger partial charge in [0.1, 0.15) is 0 Å². The van der Waals surface area contributed by atoms with Crippen LogP contribution in [0.4, 0.5) is 0 Å². The molecule has 2 unspecified atom stereocenters. The molecule has 2 aliphatic rings. The van der Waals surface area contributed by atoms with Gasteiger partial charge in [-0.25, -0.2) is 0 Å². The van der Waals surface area contributed by atoms with E-state index in [0.29, 0.717) is 18.0 Å². The first-order valence-electron chi connectivity index (χ1n) is 6.00. The number of hydrogen-bond donors (Lipinski definition) is 4. The van der Waals surface area contributed by atoms with E-state index in [1.807, 2.05) is 0 Å². The molecule has 0 saturated carbocycles. The second-order valence-corrected chi connectivity index (χ2v) is 5.01. The van der Waals surface area contributed by atoms with E-state index in [-0.39, 0.29) is 19.1 Å². The molecule has 4 nitrogen and oxygen atoms in total. The largest absolute Gasteiger partial charge is 0.396 e. The number of aliphatic hydroxyl groups is 2. The Kier molecular flexibility index (Phi) is 3.97. The van der Waals surface area contributed by atoms with Crippen molar-refractivity contribution in [1.82, 2.24) is 10.6 Å². The van der Waals surface area contributed by atoms with Crippen LogP contribution >= 0.6 is 0 Å². The molecule has 88 valence electrons. The molecule has 0 aromatic carbocycles. The molecule has 2 heterocycles. The molecule has 2 fully saturated rings. The Labute approximate surface area is 91.1 Å². The minimum atomic E-state index is 0.0764. The Morgan fingerprint density at radius 1 is 0.933 bits per heavy atom. The van der Waals surface area contributed by atoms with E-state index in [4.69, 9.17) is 10.2 Å². The lowest BCUT2D eigenvalue weighted by atomic mass is 9.88. The van der Waals surface area contributed by atoms with E-state index >= 15 is 0 Å². The maximum Gasteiger partial charge on any atom is 0.0481 e. The molecule has 15 heavy (non-hydrogen) atoms. The van der Waals surface area contributed by atoms with Crippen LogP contribution in [0.25, 0.3) is 0 Å². The molecule has 2 aliphatic heterocycles. The van der Waals surface area contributed by atoms with Crippen LogP contribution in [-0.2, 0) is 0 Å². The highest BCUT2D eigenvalue weighted by atomic mass is 16.3. The fourth-order valence-corrected chi connectivity index (χ4v) is 2.27. The molecule has 0 amide bonds. The van der Waals surface area contributed by atoms with E-state index in [1.165, 1.54) is 12.8 Å². The van der Waals surface area contributed by atoms with Crippen LogP contribution in [0, 0.1) is 11.8 Å². The Hall–Kier alpha value is -0.160. The fourth-order valence-electron chi connectivity index (χ4n) is 2.27.